The smallest absolute Gasteiger partial charge is 0.104 e. The molecule has 3 aromatic rings. The first-order valence-electron chi connectivity index (χ1n) is 9.98. The molecule has 1 fully saturated rings. The van der Waals surface area contributed by atoms with Gasteiger partial charge < -0.3 is 10.7 Å². The van der Waals surface area contributed by atoms with E-state index in [1.807, 2.05) is 39.0 Å². The summed E-state index contributed by atoms with van der Waals surface area (Å²) in [7, 11) is 0. The topological polar surface area (TPSA) is 54.7 Å². The van der Waals surface area contributed by atoms with E-state index in [4.69, 9.17) is 5.73 Å². The zero-order valence-electron chi connectivity index (χ0n) is 17.8. The molecule has 3 nitrogen and oxygen atoms in total. The fraction of sp³-hybridized carbons (Fsp3) is 0.320. The highest BCUT2D eigenvalue weighted by atomic mass is 14.9. The number of hydrogen-bond donors (Lipinski definition) is 2. The highest BCUT2D eigenvalue weighted by Gasteiger charge is 2.38. The molecule has 1 aliphatic rings. The summed E-state index contributed by atoms with van der Waals surface area (Å²) in [6.45, 7) is 17.9. The number of allylic oxidation sites excluding steroid dienone is 1. The number of fused-ring (bicyclic) bond motifs is 1. The summed E-state index contributed by atoms with van der Waals surface area (Å²) in [5.74, 6) is 2.42. The Kier molecular flexibility index (Phi) is 7.22. The van der Waals surface area contributed by atoms with Crippen molar-refractivity contribution in [3.63, 3.8) is 0 Å². The summed E-state index contributed by atoms with van der Waals surface area (Å²) < 4.78 is 0. The lowest BCUT2D eigenvalue weighted by Crippen LogP contribution is -1.92. The van der Waals surface area contributed by atoms with Gasteiger partial charge in [-0.2, -0.15) is 0 Å². The molecular weight excluding hydrogens is 342 g/mol. The lowest BCUT2D eigenvalue weighted by molar-refractivity contribution is 0.943. The van der Waals surface area contributed by atoms with Crippen LogP contribution in [0.4, 0.5) is 0 Å². The van der Waals surface area contributed by atoms with E-state index in [1.165, 1.54) is 23.1 Å². The number of aromatic nitrogens is 2. The summed E-state index contributed by atoms with van der Waals surface area (Å²) in [6.07, 6.45) is 1.30. The summed E-state index contributed by atoms with van der Waals surface area (Å²) >= 11 is 0. The predicted octanol–water partition coefficient (Wildman–Crippen LogP) is 6.50. The van der Waals surface area contributed by atoms with Crippen LogP contribution in [-0.2, 0) is 0 Å². The first-order valence-corrected chi connectivity index (χ1v) is 9.98. The van der Waals surface area contributed by atoms with Crippen LogP contribution in [0, 0.1) is 19.8 Å². The van der Waals surface area contributed by atoms with Crippen LogP contribution < -0.4 is 5.73 Å². The van der Waals surface area contributed by atoms with Crippen molar-refractivity contribution in [1.82, 2.24) is 9.97 Å². The molecule has 2 unspecified atom stereocenters. The van der Waals surface area contributed by atoms with Crippen LogP contribution in [0.3, 0.4) is 0 Å². The molecule has 2 aromatic carbocycles. The molecular formula is C25H33N3. The molecule has 4 rings (SSSR count). The number of nitrogens with zero attached hydrogens (tertiary/aromatic N) is 1. The quantitative estimate of drug-likeness (QED) is 0.513. The van der Waals surface area contributed by atoms with E-state index in [9.17, 15) is 0 Å². The van der Waals surface area contributed by atoms with E-state index in [0.29, 0.717) is 5.70 Å². The van der Waals surface area contributed by atoms with Gasteiger partial charge in [0.05, 0.1) is 11.0 Å². The van der Waals surface area contributed by atoms with Gasteiger partial charge in [0, 0.05) is 5.70 Å². The number of aromatic amines is 1. The third kappa shape index (κ3) is 5.35. The van der Waals surface area contributed by atoms with Crippen molar-refractivity contribution in [2.24, 2.45) is 11.7 Å². The first-order chi connectivity index (χ1) is 13.3. The maximum Gasteiger partial charge on any atom is 0.104 e. The van der Waals surface area contributed by atoms with Gasteiger partial charge in [-0.1, -0.05) is 68.5 Å². The molecule has 1 heterocycles. The standard InChI is InChI=1S/C13H16.C10H11N3.C2H6/c1-9(2)12-8-13(12)11-6-4-5-10(3)7-11;1-6(11)8-3-4-9-10(5-8)13-7(2)12-9;1-2/h4-7,12-13H,1,8H2,2-3H3;3-5H,1,11H2,2H3,(H,12,13);1-2H3. The average Bonchev–Trinajstić information content (AvgIpc) is 3.39. The lowest BCUT2D eigenvalue weighted by Gasteiger charge is -2.01. The van der Waals surface area contributed by atoms with Crippen LogP contribution in [0.5, 0.6) is 0 Å². The Morgan fingerprint density at radius 1 is 1.11 bits per heavy atom. The number of H-pyrrole nitrogens is 1. The van der Waals surface area contributed by atoms with Gasteiger partial charge in [-0.3, -0.25) is 0 Å². The molecule has 1 saturated carbocycles. The Labute approximate surface area is 169 Å². The molecule has 1 aliphatic carbocycles. The highest BCUT2D eigenvalue weighted by Crippen LogP contribution is 2.51. The van der Waals surface area contributed by atoms with Gasteiger partial charge in [-0.05, 0) is 62.3 Å². The minimum Gasteiger partial charge on any atom is -0.399 e. The van der Waals surface area contributed by atoms with Gasteiger partial charge in [0.1, 0.15) is 5.82 Å². The van der Waals surface area contributed by atoms with Gasteiger partial charge in [-0.25, -0.2) is 4.98 Å². The Morgan fingerprint density at radius 3 is 2.39 bits per heavy atom. The Bertz CT molecular complexity index is 965. The minimum absolute atomic E-state index is 0.578. The van der Waals surface area contributed by atoms with E-state index < -0.39 is 0 Å². The average molecular weight is 376 g/mol. The fourth-order valence-corrected chi connectivity index (χ4v) is 3.35. The third-order valence-electron chi connectivity index (χ3n) is 4.86. The minimum atomic E-state index is 0.578. The van der Waals surface area contributed by atoms with Crippen LogP contribution in [0.15, 0.2) is 61.2 Å². The number of imidazole rings is 1. The molecule has 1 aromatic heterocycles. The monoisotopic (exact) mass is 375 g/mol. The molecule has 28 heavy (non-hydrogen) atoms. The van der Waals surface area contributed by atoms with Gasteiger partial charge in [0.25, 0.3) is 0 Å². The van der Waals surface area contributed by atoms with Crippen LogP contribution in [-0.4, -0.2) is 9.97 Å². The Hall–Kier alpha value is -2.81. The largest absolute Gasteiger partial charge is 0.399 e. The molecule has 0 radical (unpaired) electrons. The molecule has 0 aliphatic heterocycles. The predicted molar refractivity (Wildman–Crippen MR) is 122 cm³/mol. The molecule has 0 spiro atoms. The third-order valence-corrected chi connectivity index (χ3v) is 4.86. The van der Waals surface area contributed by atoms with Crippen LogP contribution in [0.2, 0.25) is 0 Å². The first kappa shape index (κ1) is 21.5. The number of nitrogens with two attached hydrogens (primary N) is 1. The van der Waals surface area contributed by atoms with Crippen molar-refractivity contribution in [3.05, 3.63) is 83.7 Å². The Morgan fingerprint density at radius 2 is 1.82 bits per heavy atom. The normalized spacial score (nSPS) is 17.0. The number of aryl methyl sites for hydroxylation is 2. The summed E-state index contributed by atoms with van der Waals surface area (Å²) in [6, 6.07) is 14.7. The van der Waals surface area contributed by atoms with Crippen LogP contribution in [0.1, 0.15) is 55.6 Å². The van der Waals surface area contributed by atoms with Crippen LogP contribution >= 0.6 is 0 Å². The van der Waals surface area contributed by atoms with Crippen molar-refractivity contribution in [1.29, 1.82) is 0 Å². The van der Waals surface area contributed by atoms with Crippen molar-refractivity contribution < 1.29 is 0 Å². The number of rotatable bonds is 3. The van der Waals surface area contributed by atoms with E-state index >= 15 is 0 Å². The van der Waals surface area contributed by atoms with Crippen molar-refractivity contribution in [3.8, 4) is 0 Å². The van der Waals surface area contributed by atoms with E-state index in [2.05, 4.69) is 61.2 Å². The summed E-state index contributed by atoms with van der Waals surface area (Å²) in [4.78, 5) is 7.43. The van der Waals surface area contributed by atoms with Gasteiger partial charge in [0.15, 0.2) is 0 Å². The summed E-state index contributed by atoms with van der Waals surface area (Å²) in [5, 5.41) is 0. The van der Waals surface area contributed by atoms with E-state index in [1.54, 1.807) is 0 Å². The molecule has 0 saturated heterocycles. The van der Waals surface area contributed by atoms with Gasteiger partial charge in [-0.15, -0.1) is 0 Å². The van der Waals surface area contributed by atoms with Crippen LogP contribution in [0.25, 0.3) is 16.7 Å². The van der Waals surface area contributed by atoms with Gasteiger partial charge in [0.2, 0.25) is 0 Å². The summed E-state index contributed by atoms with van der Waals surface area (Å²) in [5.41, 5.74) is 13.3. The molecule has 0 bridgehead atoms. The molecule has 3 heteroatoms. The number of benzene rings is 2. The number of hydrogen-bond acceptors (Lipinski definition) is 2. The van der Waals surface area contributed by atoms with Crippen molar-refractivity contribution >= 4 is 16.7 Å². The lowest BCUT2D eigenvalue weighted by atomic mass is 10.0. The van der Waals surface area contributed by atoms with E-state index in [0.717, 1.165) is 34.3 Å². The maximum atomic E-state index is 5.58. The zero-order chi connectivity index (χ0) is 20.8. The van der Waals surface area contributed by atoms with Crippen molar-refractivity contribution in [2.75, 3.05) is 0 Å². The fourth-order valence-electron chi connectivity index (χ4n) is 3.35. The molecule has 0 amide bonds. The number of nitrogens with one attached hydrogen (secondary N) is 1. The van der Waals surface area contributed by atoms with E-state index in [-0.39, 0.29) is 0 Å². The second-order valence-electron chi connectivity index (χ2n) is 7.29. The second-order valence-corrected chi connectivity index (χ2v) is 7.29. The highest BCUT2D eigenvalue weighted by molar-refractivity contribution is 5.79. The second kappa shape index (κ2) is 9.41. The maximum absolute atomic E-state index is 5.58. The zero-order valence-corrected chi connectivity index (χ0v) is 17.8. The molecule has 2 atom stereocenters. The Balaban J connectivity index is 0.000000184. The molecule has 148 valence electrons. The SMILES string of the molecule is C=C(C)C1CC1c1cccc(C)c1.C=C(N)c1ccc2nc(C)[nH]c2c1.CC. The van der Waals surface area contributed by atoms with Crippen molar-refractivity contribution in [2.45, 2.75) is 47.0 Å². The van der Waals surface area contributed by atoms with Gasteiger partial charge >= 0.3 is 0 Å². The molecule has 3 N–H and O–H groups in total.